The predicted octanol–water partition coefficient (Wildman–Crippen LogP) is 19.7. The molecule has 0 saturated carbocycles. The molecule has 10 aromatic rings. The fraction of sp³-hybridized carbons (Fsp3) is 0.194. The SMILES string of the molecule is C=C(/C=C\C(=C/C)N(c1ccc2c3c(c4ccccc4c2c1)-c1c(cc(N(c2ccc(C(C)(C)C)cc2)c2ccc(C)cn2)c2oc4ccccc4c12)C3(c1ccccc1)C1C=CC=CC1)c1ccc(C)cn1)C(C)(C)C. The van der Waals surface area contributed by atoms with E-state index in [4.69, 9.17) is 14.4 Å². The number of benzene rings is 7. The van der Waals surface area contributed by atoms with Crippen molar-refractivity contribution in [3.63, 3.8) is 0 Å². The number of fused-ring (bicyclic) bond motifs is 12. The number of rotatable bonds is 10. The normalized spacial score (nSPS) is 16.5. The summed E-state index contributed by atoms with van der Waals surface area (Å²) in [6, 6.07) is 56.2. The van der Waals surface area contributed by atoms with E-state index < -0.39 is 5.41 Å². The Bertz CT molecular complexity index is 4060. The maximum atomic E-state index is 7.32. The van der Waals surface area contributed by atoms with Crippen LogP contribution in [0.15, 0.2) is 229 Å². The monoisotopic (exact) mass is 1000 g/mol. The van der Waals surface area contributed by atoms with Crippen molar-refractivity contribution in [1.29, 1.82) is 0 Å². The van der Waals surface area contributed by atoms with E-state index in [1.165, 1.54) is 54.9 Å². The molecule has 2 atom stereocenters. The first-order valence-electron chi connectivity index (χ1n) is 27.1. The predicted molar refractivity (Wildman–Crippen MR) is 325 cm³/mol. The minimum Gasteiger partial charge on any atom is -0.454 e. The second kappa shape index (κ2) is 18.9. The van der Waals surface area contributed by atoms with Crippen molar-refractivity contribution in [2.75, 3.05) is 9.80 Å². The highest BCUT2D eigenvalue weighted by Crippen LogP contribution is 2.65. The topological polar surface area (TPSA) is 45.4 Å². The summed E-state index contributed by atoms with van der Waals surface area (Å²) in [5.74, 6) is 1.69. The van der Waals surface area contributed by atoms with Crippen LogP contribution in [0.3, 0.4) is 0 Å². The van der Waals surface area contributed by atoms with Crippen molar-refractivity contribution >= 4 is 72.2 Å². The average molecular weight is 1000 g/mol. The van der Waals surface area contributed by atoms with Crippen molar-refractivity contribution < 1.29 is 4.42 Å². The third-order valence-corrected chi connectivity index (χ3v) is 16.2. The largest absolute Gasteiger partial charge is 0.454 e. The molecular formula is C72H66N4O. The first-order valence-corrected chi connectivity index (χ1v) is 27.1. The number of anilines is 5. The van der Waals surface area contributed by atoms with Crippen LogP contribution < -0.4 is 9.80 Å². The zero-order valence-corrected chi connectivity index (χ0v) is 45.8. The zero-order valence-electron chi connectivity index (χ0n) is 45.8. The molecule has 0 fully saturated rings. The Labute approximate surface area is 453 Å². The van der Waals surface area contributed by atoms with E-state index in [0.29, 0.717) is 0 Å². The molecule has 0 bridgehead atoms. The molecule has 0 N–H and O–H groups in total. The van der Waals surface area contributed by atoms with Gasteiger partial charge < -0.3 is 4.42 Å². The second-order valence-electron chi connectivity index (χ2n) is 23.2. The lowest BCUT2D eigenvalue weighted by Gasteiger charge is -2.41. The minimum absolute atomic E-state index is 0.0239. The van der Waals surface area contributed by atoms with E-state index >= 15 is 0 Å². The van der Waals surface area contributed by atoms with Crippen LogP contribution in [0, 0.1) is 25.2 Å². The summed E-state index contributed by atoms with van der Waals surface area (Å²) in [6.07, 6.45) is 20.6. The highest BCUT2D eigenvalue weighted by molar-refractivity contribution is 6.26. The molecule has 3 aromatic heterocycles. The second-order valence-corrected chi connectivity index (χ2v) is 23.2. The molecule has 5 nitrogen and oxygen atoms in total. The first kappa shape index (κ1) is 49.3. The molecule has 0 aliphatic heterocycles. The molecule has 0 saturated heterocycles. The van der Waals surface area contributed by atoms with Crippen molar-refractivity contribution in [1.82, 2.24) is 9.97 Å². The van der Waals surface area contributed by atoms with E-state index in [1.807, 2.05) is 12.4 Å². The molecule has 7 aromatic carbocycles. The van der Waals surface area contributed by atoms with E-state index in [2.05, 4.69) is 273 Å². The molecule has 77 heavy (non-hydrogen) atoms. The van der Waals surface area contributed by atoms with Gasteiger partial charge in [-0.05, 0) is 170 Å². The van der Waals surface area contributed by atoms with Crippen LogP contribution in [0.5, 0.6) is 0 Å². The number of hydrogen-bond donors (Lipinski definition) is 0. The van der Waals surface area contributed by atoms with Gasteiger partial charge in [-0.2, -0.15) is 0 Å². The van der Waals surface area contributed by atoms with Gasteiger partial charge in [0.05, 0.1) is 11.1 Å². The van der Waals surface area contributed by atoms with Gasteiger partial charge in [0.2, 0.25) is 0 Å². The number of hydrogen-bond acceptors (Lipinski definition) is 5. The van der Waals surface area contributed by atoms with Gasteiger partial charge in [-0.25, -0.2) is 9.97 Å². The fourth-order valence-electron chi connectivity index (χ4n) is 12.1. The number of aryl methyl sites for hydroxylation is 2. The molecule has 2 aliphatic rings. The van der Waals surface area contributed by atoms with Crippen molar-refractivity contribution in [3.8, 4) is 11.1 Å². The van der Waals surface area contributed by atoms with Gasteiger partial charge in [0.1, 0.15) is 17.2 Å². The van der Waals surface area contributed by atoms with E-state index in [9.17, 15) is 0 Å². The Hall–Kier alpha value is -8.54. The molecule has 5 heteroatoms. The number of para-hydroxylation sites is 1. The standard InChI is InChI=1S/C72H66N4O/c1-11-52(35-32-48(4)70(5,6)7)75(63-40-30-46(2)44-73-63)54-38-39-57-59(42-54)55-26-18-19-27-56(55)65-67-60(72(68(57)65,50-22-14-12-15-23-50)51-24-16-13-17-25-51)43-61(69-66(67)58-28-20-21-29-62(58)77-69)76(64-41-31-47(3)45-74-64)53-36-33-49(34-37-53)71(8,9)10/h11-24,26-45,51H,4,25H2,1-3,5-10H3/b35-32-,52-11+. The van der Waals surface area contributed by atoms with Crippen LogP contribution in [-0.4, -0.2) is 9.97 Å². The third kappa shape index (κ3) is 8.23. The maximum Gasteiger partial charge on any atom is 0.160 e. The van der Waals surface area contributed by atoms with Crippen LogP contribution in [-0.2, 0) is 10.8 Å². The number of allylic oxidation sites excluding steroid dienone is 8. The molecule has 0 spiro atoms. The maximum absolute atomic E-state index is 7.32. The van der Waals surface area contributed by atoms with Crippen LogP contribution in [0.1, 0.15) is 88.3 Å². The van der Waals surface area contributed by atoms with Gasteiger partial charge in [-0.1, -0.05) is 188 Å². The van der Waals surface area contributed by atoms with Crippen LogP contribution in [0.25, 0.3) is 54.6 Å². The molecule has 0 amide bonds. The third-order valence-electron chi connectivity index (χ3n) is 16.2. The summed E-state index contributed by atoms with van der Waals surface area (Å²) in [5, 5.41) is 6.94. The summed E-state index contributed by atoms with van der Waals surface area (Å²) >= 11 is 0. The van der Waals surface area contributed by atoms with Crippen molar-refractivity contribution in [3.05, 3.63) is 258 Å². The number of nitrogens with zero attached hydrogens (tertiary/aromatic N) is 4. The van der Waals surface area contributed by atoms with Crippen LogP contribution >= 0.6 is 0 Å². The van der Waals surface area contributed by atoms with Crippen molar-refractivity contribution in [2.24, 2.45) is 11.3 Å². The Morgan fingerprint density at radius 1 is 0.649 bits per heavy atom. The molecule has 0 radical (unpaired) electrons. The van der Waals surface area contributed by atoms with E-state index in [1.54, 1.807) is 0 Å². The van der Waals surface area contributed by atoms with E-state index in [-0.39, 0.29) is 16.7 Å². The molecule has 3 heterocycles. The van der Waals surface area contributed by atoms with Gasteiger partial charge in [-0.15, -0.1) is 0 Å². The van der Waals surface area contributed by atoms with Crippen LogP contribution in [0.4, 0.5) is 28.7 Å². The molecule has 380 valence electrons. The highest BCUT2D eigenvalue weighted by atomic mass is 16.3. The van der Waals surface area contributed by atoms with Gasteiger partial charge in [0.15, 0.2) is 5.58 Å². The summed E-state index contributed by atoms with van der Waals surface area (Å²) in [6.45, 7) is 24.2. The van der Waals surface area contributed by atoms with Gasteiger partial charge in [0, 0.05) is 40.2 Å². The number of aromatic nitrogens is 2. The quantitative estimate of drug-likeness (QED) is 0.101. The lowest BCUT2D eigenvalue weighted by molar-refractivity contribution is 0.460. The number of furan rings is 1. The van der Waals surface area contributed by atoms with Gasteiger partial charge in [-0.3, -0.25) is 9.80 Å². The summed E-state index contributed by atoms with van der Waals surface area (Å²) in [7, 11) is 0. The average Bonchev–Trinajstić information content (AvgIpc) is 4.16. The molecule has 2 aliphatic carbocycles. The molecule has 2 unspecified atom stereocenters. The Kier molecular flexibility index (Phi) is 12.1. The van der Waals surface area contributed by atoms with Crippen LogP contribution in [0.2, 0.25) is 0 Å². The summed E-state index contributed by atoms with van der Waals surface area (Å²) < 4.78 is 7.32. The lowest BCUT2D eigenvalue weighted by atomic mass is 9.61. The smallest absolute Gasteiger partial charge is 0.160 e. The summed E-state index contributed by atoms with van der Waals surface area (Å²) in [5.41, 5.74) is 15.6. The highest BCUT2D eigenvalue weighted by Gasteiger charge is 2.52. The molecular weight excluding hydrogens is 937 g/mol. The van der Waals surface area contributed by atoms with E-state index in [0.717, 1.165) is 79.5 Å². The minimum atomic E-state index is -0.691. The zero-order chi connectivity index (χ0) is 53.4. The lowest BCUT2D eigenvalue weighted by Crippen LogP contribution is -2.36. The number of pyridine rings is 2. The Balaban J connectivity index is 1.23. The molecule has 12 rings (SSSR count). The fourth-order valence-corrected chi connectivity index (χ4v) is 12.1. The Morgan fingerprint density at radius 3 is 1.96 bits per heavy atom. The first-order chi connectivity index (χ1) is 37.2. The Morgan fingerprint density at radius 2 is 1.31 bits per heavy atom. The van der Waals surface area contributed by atoms with Gasteiger partial charge in [0.25, 0.3) is 0 Å². The van der Waals surface area contributed by atoms with Crippen molar-refractivity contribution in [2.45, 2.75) is 79.6 Å². The van der Waals surface area contributed by atoms with Gasteiger partial charge >= 0.3 is 0 Å². The summed E-state index contributed by atoms with van der Waals surface area (Å²) in [4.78, 5) is 14.9.